The summed E-state index contributed by atoms with van der Waals surface area (Å²) in [7, 11) is 0. The highest BCUT2D eigenvalue weighted by molar-refractivity contribution is 5.96. The van der Waals surface area contributed by atoms with Crippen molar-refractivity contribution in [3.63, 3.8) is 0 Å². The lowest BCUT2D eigenvalue weighted by Gasteiger charge is -2.24. The van der Waals surface area contributed by atoms with Gasteiger partial charge < -0.3 is 15.6 Å². The number of aromatic amines is 1. The summed E-state index contributed by atoms with van der Waals surface area (Å²) in [5.41, 5.74) is 5.50. The van der Waals surface area contributed by atoms with E-state index < -0.39 is 0 Å². The van der Waals surface area contributed by atoms with Gasteiger partial charge in [-0.3, -0.25) is 9.59 Å². The number of benzene rings is 2. The summed E-state index contributed by atoms with van der Waals surface area (Å²) < 4.78 is 1.63. The van der Waals surface area contributed by atoms with E-state index in [4.69, 9.17) is 5.10 Å². The van der Waals surface area contributed by atoms with Crippen LogP contribution in [0.25, 0.3) is 17.0 Å². The molecule has 1 aliphatic heterocycles. The Morgan fingerprint density at radius 1 is 1.08 bits per heavy atom. The number of anilines is 2. The van der Waals surface area contributed by atoms with Crippen molar-refractivity contribution in [1.82, 2.24) is 29.7 Å². The van der Waals surface area contributed by atoms with Crippen molar-refractivity contribution in [1.29, 1.82) is 0 Å². The first-order valence-corrected chi connectivity index (χ1v) is 11.5. The van der Waals surface area contributed by atoms with Crippen molar-refractivity contribution in [2.75, 3.05) is 10.6 Å². The fraction of sp³-hybridized carbons (Fsp3) is 0.154. The number of rotatable bonds is 5. The average molecular weight is 479 g/mol. The van der Waals surface area contributed by atoms with Crippen molar-refractivity contribution >= 4 is 34.5 Å². The molecule has 4 heterocycles. The first kappa shape index (κ1) is 21.7. The first-order valence-electron chi connectivity index (χ1n) is 11.5. The molecule has 0 aliphatic carbocycles. The average Bonchev–Trinajstić information content (AvgIpc) is 3.49. The van der Waals surface area contributed by atoms with E-state index in [0.29, 0.717) is 41.3 Å². The van der Waals surface area contributed by atoms with Crippen molar-refractivity contribution in [3.8, 4) is 5.82 Å². The van der Waals surface area contributed by atoms with Crippen LogP contribution in [0.5, 0.6) is 0 Å². The Bertz CT molecular complexity index is 1590. The Kier molecular flexibility index (Phi) is 5.25. The van der Waals surface area contributed by atoms with Gasteiger partial charge in [0.25, 0.3) is 0 Å². The monoisotopic (exact) mass is 478 g/mol. The van der Waals surface area contributed by atoms with E-state index in [2.05, 4.69) is 30.6 Å². The third-order valence-electron chi connectivity index (χ3n) is 6.31. The quantitative estimate of drug-likeness (QED) is 0.354. The molecule has 3 N–H and O–H groups in total. The first-order chi connectivity index (χ1) is 17.6. The van der Waals surface area contributed by atoms with Crippen LogP contribution in [0, 0.1) is 6.92 Å². The van der Waals surface area contributed by atoms with E-state index in [1.54, 1.807) is 11.0 Å². The molecule has 1 aliphatic rings. The molecular formula is C26H22N8O2. The molecule has 10 heteroatoms. The lowest BCUT2D eigenvalue weighted by atomic mass is 9.86. The van der Waals surface area contributed by atoms with E-state index in [0.717, 1.165) is 22.4 Å². The molecular weight excluding hydrogens is 456 g/mol. The predicted octanol–water partition coefficient (Wildman–Crippen LogP) is 3.50. The van der Waals surface area contributed by atoms with Crippen molar-refractivity contribution in [3.05, 3.63) is 89.6 Å². The van der Waals surface area contributed by atoms with E-state index >= 15 is 0 Å². The summed E-state index contributed by atoms with van der Waals surface area (Å²) in [6.45, 7) is 1.92. The number of fused-ring (bicyclic) bond motifs is 2. The van der Waals surface area contributed by atoms with E-state index in [-0.39, 0.29) is 17.7 Å². The molecule has 0 unspecified atom stereocenters. The standard InChI is InChI=1S/C26H22N8O2/c1-15-22-19(17-7-9-18(10-8-17)31-20(35)11-16-5-3-2-4-6-16)12-21(36)32-25(22)34(33-15)26-23-24(28-13-27-23)29-14-30-26/h2-10,13-14,19H,11-12H2,1H3,(H,31,35)(H,32,36)(H,27,28,29,30)/t19-/m1/s1. The summed E-state index contributed by atoms with van der Waals surface area (Å²) >= 11 is 0. The lowest BCUT2D eigenvalue weighted by Crippen LogP contribution is -2.25. The second kappa shape index (κ2) is 8.73. The molecule has 2 aromatic carbocycles. The Morgan fingerprint density at radius 3 is 2.69 bits per heavy atom. The van der Waals surface area contributed by atoms with Gasteiger partial charge in [0.1, 0.15) is 17.7 Å². The highest BCUT2D eigenvalue weighted by Gasteiger charge is 2.33. The zero-order valence-electron chi connectivity index (χ0n) is 19.4. The van der Waals surface area contributed by atoms with Crippen LogP contribution in [0.3, 0.4) is 0 Å². The maximum atomic E-state index is 12.7. The minimum atomic E-state index is -0.185. The second-order valence-electron chi connectivity index (χ2n) is 8.70. The largest absolute Gasteiger partial charge is 0.340 e. The Labute approximate surface area is 205 Å². The summed E-state index contributed by atoms with van der Waals surface area (Å²) in [4.78, 5) is 41.0. The molecule has 6 rings (SSSR count). The zero-order chi connectivity index (χ0) is 24.6. The molecule has 178 valence electrons. The van der Waals surface area contributed by atoms with Crippen LogP contribution in [0.2, 0.25) is 0 Å². The molecule has 3 aromatic heterocycles. The van der Waals surface area contributed by atoms with Gasteiger partial charge in [-0.05, 0) is 30.2 Å². The maximum Gasteiger partial charge on any atom is 0.228 e. The number of nitrogens with one attached hydrogen (secondary N) is 3. The molecule has 0 saturated carbocycles. The predicted molar refractivity (Wildman–Crippen MR) is 134 cm³/mol. The van der Waals surface area contributed by atoms with Crippen LogP contribution in [0.1, 0.15) is 34.7 Å². The van der Waals surface area contributed by atoms with Crippen molar-refractivity contribution in [2.24, 2.45) is 0 Å². The van der Waals surface area contributed by atoms with Gasteiger partial charge in [-0.2, -0.15) is 9.78 Å². The van der Waals surface area contributed by atoms with Gasteiger partial charge in [-0.1, -0.05) is 42.5 Å². The smallest absolute Gasteiger partial charge is 0.228 e. The number of hydrogen-bond donors (Lipinski definition) is 3. The number of amides is 2. The van der Waals surface area contributed by atoms with Gasteiger partial charge in [-0.15, -0.1) is 0 Å². The summed E-state index contributed by atoms with van der Waals surface area (Å²) in [5, 5.41) is 10.6. The molecule has 0 radical (unpaired) electrons. The van der Waals surface area contributed by atoms with E-state index in [9.17, 15) is 9.59 Å². The van der Waals surface area contributed by atoms with Crippen molar-refractivity contribution in [2.45, 2.75) is 25.7 Å². The third kappa shape index (κ3) is 3.88. The minimum absolute atomic E-state index is 0.0830. The van der Waals surface area contributed by atoms with E-state index in [1.165, 1.54) is 6.33 Å². The molecule has 0 saturated heterocycles. The lowest BCUT2D eigenvalue weighted by molar-refractivity contribution is -0.117. The highest BCUT2D eigenvalue weighted by atomic mass is 16.2. The van der Waals surface area contributed by atoms with Crippen LogP contribution in [-0.2, 0) is 16.0 Å². The topological polar surface area (TPSA) is 130 Å². The number of carbonyl (C=O) groups excluding carboxylic acids is 2. The third-order valence-corrected chi connectivity index (χ3v) is 6.31. The van der Waals surface area contributed by atoms with Gasteiger partial charge in [0.2, 0.25) is 11.8 Å². The summed E-state index contributed by atoms with van der Waals surface area (Å²) in [6.07, 6.45) is 3.57. The number of aromatic nitrogens is 6. The number of hydrogen-bond acceptors (Lipinski definition) is 6. The van der Waals surface area contributed by atoms with Crippen LogP contribution in [0.15, 0.2) is 67.3 Å². The molecule has 5 aromatic rings. The molecule has 10 nitrogen and oxygen atoms in total. The molecule has 36 heavy (non-hydrogen) atoms. The van der Waals surface area contributed by atoms with Crippen LogP contribution >= 0.6 is 0 Å². The maximum absolute atomic E-state index is 12.7. The normalized spacial score (nSPS) is 14.9. The SMILES string of the molecule is Cc1nn(-c2ncnc3nc[nH]c23)c2c1[C@@H](c1ccc(NC(=O)Cc3ccccc3)cc1)CC(=O)N2. The molecule has 0 spiro atoms. The Balaban J connectivity index is 1.29. The number of imidazole rings is 1. The highest BCUT2D eigenvalue weighted by Crippen LogP contribution is 2.40. The van der Waals surface area contributed by atoms with Crippen LogP contribution in [0.4, 0.5) is 11.5 Å². The van der Waals surface area contributed by atoms with Gasteiger partial charge in [0.05, 0.1) is 18.4 Å². The fourth-order valence-electron chi connectivity index (χ4n) is 4.68. The van der Waals surface area contributed by atoms with Crippen LogP contribution < -0.4 is 10.6 Å². The Morgan fingerprint density at radius 2 is 1.89 bits per heavy atom. The van der Waals surface area contributed by atoms with Crippen molar-refractivity contribution < 1.29 is 9.59 Å². The minimum Gasteiger partial charge on any atom is -0.340 e. The summed E-state index contributed by atoms with van der Waals surface area (Å²) in [6, 6.07) is 17.2. The van der Waals surface area contributed by atoms with Gasteiger partial charge in [-0.25, -0.2) is 15.0 Å². The molecule has 0 bridgehead atoms. The molecule has 1 atom stereocenters. The van der Waals surface area contributed by atoms with E-state index in [1.807, 2.05) is 61.5 Å². The molecule has 2 amide bonds. The van der Waals surface area contributed by atoms with Gasteiger partial charge >= 0.3 is 0 Å². The Hall–Kier alpha value is -4.86. The van der Waals surface area contributed by atoms with Crippen LogP contribution in [-0.4, -0.2) is 41.5 Å². The fourth-order valence-corrected chi connectivity index (χ4v) is 4.68. The summed E-state index contributed by atoms with van der Waals surface area (Å²) in [5.74, 6) is 0.725. The number of nitrogens with zero attached hydrogens (tertiary/aromatic N) is 5. The number of H-pyrrole nitrogens is 1. The zero-order valence-corrected chi connectivity index (χ0v) is 19.4. The van der Waals surface area contributed by atoms with Gasteiger partial charge in [0, 0.05) is 23.6 Å². The van der Waals surface area contributed by atoms with Gasteiger partial charge in [0.15, 0.2) is 11.5 Å². The number of carbonyl (C=O) groups is 2. The molecule has 0 fully saturated rings. The second-order valence-corrected chi connectivity index (χ2v) is 8.70. The number of aryl methyl sites for hydroxylation is 1.